The van der Waals surface area contributed by atoms with Crippen molar-refractivity contribution in [2.24, 2.45) is 47.3 Å². The highest BCUT2D eigenvalue weighted by Crippen LogP contribution is 2.29. The first-order valence-corrected chi connectivity index (χ1v) is 14.0. The molecule has 0 aromatic heterocycles. The molecule has 4 aliphatic carbocycles. The molecule has 0 bridgehead atoms. The molecule has 2 saturated carbocycles. The molecule has 0 aromatic carbocycles. The van der Waals surface area contributed by atoms with Crippen LogP contribution in [0.3, 0.4) is 0 Å². The molecule has 0 nitrogen and oxygen atoms in total. The molecule has 182 valence electrons. The number of hydrogen-bond donors (Lipinski definition) is 0. The summed E-state index contributed by atoms with van der Waals surface area (Å²) >= 11 is 0. The van der Waals surface area contributed by atoms with Crippen molar-refractivity contribution in [1.29, 1.82) is 0 Å². The van der Waals surface area contributed by atoms with E-state index in [1.165, 1.54) is 70.6 Å². The van der Waals surface area contributed by atoms with Crippen LogP contribution < -0.4 is 0 Å². The van der Waals surface area contributed by atoms with Gasteiger partial charge in [-0.2, -0.15) is 0 Å². The first-order valence-electron chi connectivity index (χ1n) is 14.0. The summed E-state index contributed by atoms with van der Waals surface area (Å²) in [6.07, 6.45) is 24.9. The van der Waals surface area contributed by atoms with Gasteiger partial charge in [-0.3, -0.25) is 0 Å². The molecule has 0 spiro atoms. The fraction of sp³-hybridized carbons (Fsp3) is 0.871. The minimum absolute atomic E-state index is 0.832. The molecule has 0 amide bonds. The van der Waals surface area contributed by atoms with E-state index in [0.717, 1.165) is 47.3 Å². The Morgan fingerprint density at radius 2 is 0.774 bits per heavy atom. The maximum absolute atomic E-state index is 2.37. The third-order valence-corrected chi connectivity index (χ3v) is 7.71. The first kappa shape index (κ1) is 28.5. The van der Waals surface area contributed by atoms with Crippen molar-refractivity contribution in [2.45, 2.75) is 126 Å². The van der Waals surface area contributed by atoms with Gasteiger partial charge in [0.1, 0.15) is 0 Å². The van der Waals surface area contributed by atoms with Crippen LogP contribution in [-0.2, 0) is 0 Å². The van der Waals surface area contributed by atoms with E-state index in [1.54, 1.807) is 0 Å². The van der Waals surface area contributed by atoms with Gasteiger partial charge < -0.3 is 0 Å². The molecule has 0 saturated heterocycles. The van der Waals surface area contributed by atoms with Gasteiger partial charge in [0.25, 0.3) is 0 Å². The van der Waals surface area contributed by atoms with E-state index >= 15 is 0 Å². The zero-order valence-corrected chi connectivity index (χ0v) is 22.7. The Hall–Kier alpha value is -0.520. The summed E-state index contributed by atoms with van der Waals surface area (Å²) < 4.78 is 0. The summed E-state index contributed by atoms with van der Waals surface area (Å²) in [6.45, 7) is 18.6. The minimum Gasteiger partial charge on any atom is -0.0880 e. The Morgan fingerprint density at radius 1 is 0.419 bits per heavy atom. The third kappa shape index (κ3) is 15.0. The van der Waals surface area contributed by atoms with Crippen LogP contribution in [0.15, 0.2) is 24.3 Å². The van der Waals surface area contributed by atoms with E-state index in [2.05, 4.69) is 79.7 Å². The monoisotopic (exact) mass is 430 g/mol. The number of allylic oxidation sites excluding steroid dienone is 4. The lowest BCUT2D eigenvalue weighted by Crippen LogP contribution is -2.09. The van der Waals surface area contributed by atoms with Crippen LogP contribution in [0, 0.1) is 47.3 Å². The van der Waals surface area contributed by atoms with Crippen molar-refractivity contribution in [2.75, 3.05) is 0 Å². The Bertz CT molecular complexity index is 444. The largest absolute Gasteiger partial charge is 0.0880 e. The van der Waals surface area contributed by atoms with Crippen LogP contribution in [0.25, 0.3) is 0 Å². The lowest BCUT2D eigenvalue weighted by Gasteiger charge is -2.22. The number of rotatable bonds is 0. The average Bonchev–Trinajstić information content (AvgIpc) is 3.05. The third-order valence-electron chi connectivity index (χ3n) is 7.71. The highest BCUT2D eigenvalue weighted by molar-refractivity contribution is 4.93. The molecular formula is C31H58. The Kier molecular flexibility index (Phi) is 14.9. The van der Waals surface area contributed by atoms with E-state index in [4.69, 9.17) is 0 Å². The van der Waals surface area contributed by atoms with Gasteiger partial charge in [-0.25, -0.2) is 0 Å². The molecule has 0 heterocycles. The van der Waals surface area contributed by atoms with Crippen molar-refractivity contribution in [3.05, 3.63) is 24.3 Å². The second-order valence-electron chi connectivity index (χ2n) is 12.4. The van der Waals surface area contributed by atoms with Gasteiger partial charge in [-0.1, -0.05) is 112 Å². The summed E-state index contributed by atoms with van der Waals surface area (Å²) in [5, 5.41) is 0. The maximum Gasteiger partial charge on any atom is -0.0259 e. The average molecular weight is 431 g/mol. The lowest BCUT2D eigenvalue weighted by molar-refractivity contribution is 0.301. The molecule has 31 heavy (non-hydrogen) atoms. The van der Waals surface area contributed by atoms with Gasteiger partial charge in [-0.05, 0) is 85.9 Å². The standard InChI is InChI=1S/C8H16.2C8H14.C7H14/c3*1-7-4-3-5-8(2)6-7;1-6-3-4-7(2)5-6/h7-8H,3-6H2,1-2H3;2*3-4,7-8H,5-6H2,1-2H3;6-7H,3-5H2,1-2H3. The Morgan fingerprint density at radius 3 is 0.968 bits per heavy atom. The zero-order chi connectivity index (χ0) is 23.2. The van der Waals surface area contributed by atoms with E-state index in [0.29, 0.717) is 0 Å². The molecule has 0 aromatic rings. The van der Waals surface area contributed by atoms with Crippen molar-refractivity contribution >= 4 is 0 Å². The number of hydrogen-bond acceptors (Lipinski definition) is 0. The normalized spacial score (nSPS) is 39.2. The van der Waals surface area contributed by atoms with Crippen molar-refractivity contribution in [3.8, 4) is 0 Å². The van der Waals surface area contributed by atoms with Crippen LogP contribution in [0.4, 0.5) is 0 Å². The molecular weight excluding hydrogens is 372 g/mol. The fourth-order valence-corrected chi connectivity index (χ4v) is 5.93. The zero-order valence-electron chi connectivity index (χ0n) is 22.7. The summed E-state index contributed by atoms with van der Waals surface area (Å²) in [6, 6.07) is 0. The molecule has 0 N–H and O–H groups in total. The Balaban J connectivity index is 0.000000207. The highest BCUT2D eigenvalue weighted by Gasteiger charge is 2.16. The summed E-state index contributed by atoms with van der Waals surface area (Å²) in [5.74, 6) is 7.59. The van der Waals surface area contributed by atoms with E-state index < -0.39 is 0 Å². The van der Waals surface area contributed by atoms with Crippen LogP contribution >= 0.6 is 0 Å². The van der Waals surface area contributed by atoms with Gasteiger partial charge in [-0.15, -0.1) is 0 Å². The van der Waals surface area contributed by atoms with Gasteiger partial charge in [0.05, 0.1) is 0 Å². The lowest BCUT2D eigenvalue weighted by atomic mass is 9.84. The highest BCUT2D eigenvalue weighted by atomic mass is 14.2. The van der Waals surface area contributed by atoms with Gasteiger partial charge in [0, 0.05) is 0 Å². The van der Waals surface area contributed by atoms with Crippen molar-refractivity contribution in [3.63, 3.8) is 0 Å². The fourth-order valence-electron chi connectivity index (χ4n) is 5.93. The minimum atomic E-state index is 0.832. The predicted molar refractivity (Wildman–Crippen MR) is 142 cm³/mol. The topological polar surface area (TPSA) is 0 Å². The van der Waals surface area contributed by atoms with Crippen molar-refractivity contribution in [1.82, 2.24) is 0 Å². The molecule has 8 unspecified atom stereocenters. The van der Waals surface area contributed by atoms with Crippen molar-refractivity contribution < 1.29 is 0 Å². The van der Waals surface area contributed by atoms with E-state index in [-0.39, 0.29) is 0 Å². The molecule has 0 heteroatoms. The predicted octanol–water partition coefficient (Wildman–Crippen LogP) is 10.5. The van der Waals surface area contributed by atoms with E-state index in [1.807, 2.05) is 0 Å². The molecule has 4 aliphatic rings. The first-order chi connectivity index (χ1) is 14.7. The second-order valence-corrected chi connectivity index (χ2v) is 12.4. The summed E-state index contributed by atoms with van der Waals surface area (Å²) in [5.41, 5.74) is 0. The SMILES string of the molecule is CC1C=CCC(C)C1.CC1C=CCC(C)C1.CC1CCC(C)C1.CC1CCCC(C)C1. The molecule has 8 atom stereocenters. The maximum atomic E-state index is 2.37. The molecule has 0 radical (unpaired) electrons. The second kappa shape index (κ2) is 16.1. The van der Waals surface area contributed by atoms with Gasteiger partial charge >= 0.3 is 0 Å². The van der Waals surface area contributed by atoms with Gasteiger partial charge in [0.2, 0.25) is 0 Å². The molecule has 4 rings (SSSR count). The van der Waals surface area contributed by atoms with Crippen LogP contribution in [0.2, 0.25) is 0 Å². The summed E-state index contributed by atoms with van der Waals surface area (Å²) in [4.78, 5) is 0. The van der Waals surface area contributed by atoms with Crippen LogP contribution in [0.5, 0.6) is 0 Å². The molecule has 2 fully saturated rings. The molecule has 0 aliphatic heterocycles. The quantitative estimate of drug-likeness (QED) is 0.335. The van der Waals surface area contributed by atoms with Crippen LogP contribution in [0.1, 0.15) is 126 Å². The van der Waals surface area contributed by atoms with Gasteiger partial charge in [0.15, 0.2) is 0 Å². The summed E-state index contributed by atoms with van der Waals surface area (Å²) in [7, 11) is 0. The smallest absolute Gasteiger partial charge is 0.0259 e. The Labute approximate surface area is 197 Å². The van der Waals surface area contributed by atoms with Crippen LogP contribution in [-0.4, -0.2) is 0 Å². The van der Waals surface area contributed by atoms with E-state index in [9.17, 15) is 0 Å².